The lowest BCUT2D eigenvalue weighted by Gasteiger charge is -2.23. The molecule has 3 aromatic rings. The molecule has 0 unspecified atom stereocenters. The first-order valence-corrected chi connectivity index (χ1v) is 9.40. The monoisotopic (exact) mass is 351 g/mol. The second-order valence-electron chi connectivity index (χ2n) is 5.91. The number of amides is 1. The maximum Gasteiger partial charge on any atom is 0.254 e. The van der Waals surface area contributed by atoms with Gasteiger partial charge in [0.2, 0.25) is 0 Å². The van der Waals surface area contributed by atoms with Gasteiger partial charge in [-0.1, -0.05) is 36.4 Å². The SMILES string of the molecule is CSc1ccc(C)c(C(=O)N(Cc2ccccc2)Cc2ccco2)c1. The van der Waals surface area contributed by atoms with Crippen molar-refractivity contribution in [3.8, 4) is 0 Å². The van der Waals surface area contributed by atoms with Gasteiger partial charge in [-0.15, -0.1) is 11.8 Å². The number of hydrogen-bond acceptors (Lipinski definition) is 3. The highest BCUT2D eigenvalue weighted by Crippen LogP contribution is 2.22. The number of hydrogen-bond donors (Lipinski definition) is 0. The second kappa shape index (κ2) is 8.08. The minimum Gasteiger partial charge on any atom is -0.467 e. The molecule has 25 heavy (non-hydrogen) atoms. The standard InChI is InChI=1S/C21H21NO2S/c1-16-10-11-19(25-2)13-20(16)21(23)22(15-18-9-6-12-24-18)14-17-7-4-3-5-8-17/h3-13H,14-15H2,1-2H3. The van der Waals surface area contributed by atoms with Gasteiger partial charge in [0.25, 0.3) is 5.91 Å². The Bertz CT molecular complexity index is 828. The summed E-state index contributed by atoms with van der Waals surface area (Å²) in [4.78, 5) is 16.2. The Labute approximate surface area is 152 Å². The third kappa shape index (κ3) is 4.34. The highest BCUT2D eigenvalue weighted by molar-refractivity contribution is 7.98. The zero-order valence-corrected chi connectivity index (χ0v) is 15.3. The summed E-state index contributed by atoms with van der Waals surface area (Å²) >= 11 is 1.64. The van der Waals surface area contributed by atoms with Gasteiger partial charge >= 0.3 is 0 Å². The highest BCUT2D eigenvalue weighted by Gasteiger charge is 2.20. The maximum absolute atomic E-state index is 13.2. The lowest BCUT2D eigenvalue weighted by Crippen LogP contribution is -2.30. The summed E-state index contributed by atoms with van der Waals surface area (Å²) in [6, 6.07) is 19.8. The van der Waals surface area contributed by atoms with Crippen LogP contribution in [0.2, 0.25) is 0 Å². The Hall–Kier alpha value is -2.46. The number of carbonyl (C=O) groups excluding carboxylic acids is 1. The fourth-order valence-electron chi connectivity index (χ4n) is 2.72. The lowest BCUT2D eigenvalue weighted by atomic mass is 10.1. The smallest absolute Gasteiger partial charge is 0.254 e. The van der Waals surface area contributed by atoms with Crippen LogP contribution in [0.5, 0.6) is 0 Å². The molecule has 0 aliphatic rings. The van der Waals surface area contributed by atoms with Gasteiger partial charge in [-0.3, -0.25) is 4.79 Å². The van der Waals surface area contributed by atoms with Gasteiger partial charge in [-0.2, -0.15) is 0 Å². The predicted octanol–water partition coefficient (Wildman–Crippen LogP) is 5.15. The zero-order valence-electron chi connectivity index (χ0n) is 14.4. The molecule has 0 saturated carbocycles. The Morgan fingerprint density at radius 1 is 1.04 bits per heavy atom. The van der Waals surface area contributed by atoms with Crippen molar-refractivity contribution in [2.75, 3.05) is 6.26 Å². The molecule has 0 aliphatic heterocycles. The summed E-state index contributed by atoms with van der Waals surface area (Å²) in [6.07, 6.45) is 3.66. The van der Waals surface area contributed by atoms with E-state index >= 15 is 0 Å². The van der Waals surface area contributed by atoms with E-state index in [1.165, 1.54) is 0 Å². The molecule has 2 aromatic carbocycles. The molecule has 0 spiro atoms. The Balaban J connectivity index is 1.91. The maximum atomic E-state index is 13.2. The van der Waals surface area contributed by atoms with Crippen molar-refractivity contribution in [2.24, 2.45) is 0 Å². The first-order chi connectivity index (χ1) is 12.2. The van der Waals surface area contributed by atoms with Gasteiger partial charge in [0.05, 0.1) is 12.8 Å². The normalized spacial score (nSPS) is 10.6. The summed E-state index contributed by atoms with van der Waals surface area (Å²) in [7, 11) is 0. The van der Waals surface area contributed by atoms with E-state index in [0.29, 0.717) is 13.1 Å². The number of furan rings is 1. The van der Waals surface area contributed by atoms with Crippen molar-refractivity contribution >= 4 is 17.7 Å². The van der Waals surface area contributed by atoms with Crippen LogP contribution in [-0.2, 0) is 13.1 Å². The first-order valence-electron chi connectivity index (χ1n) is 8.17. The van der Waals surface area contributed by atoms with E-state index in [1.807, 2.05) is 78.7 Å². The molecule has 1 aromatic heterocycles. The first kappa shape index (κ1) is 17.4. The van der Waals surface area contributed by atoms with Crippen molar-refractivity contribution in [2.45, 2.75) is 24.9 Å². The molecular weight excluding hydrogens is 330 g/mol. The van der Waals surface area contributed by atoms with Crippen molar-refractivity contribution in [3.05, 3.63) is 89.4 Å². The Kier molecular flexibility index (Phi) is 5.61. The summed E-state index contributed by atoms with van der Waals surface area (Å²) in [6.45, 7) is 2.97. The Morgan fingerprint density at radius 2 is 1.84 bits per heavy atom. The summed E-state index contributed by atoms with van der Waals surface area (Å²) in [5, 5.41) is 0. The van der Waals surface area contributed by atoms with Crippen LogP contribution >= 0.6 is 11.8 Å². The van der Waals surface area contributed by atoms with E-state index < -0.39 is 0 Å². The molecule has 0 fully saturated rings. The van der Waals surface area contributed by atoms with Gasteiger partial charge in [0, 0.05) is 17.0 Å². The molecule has 1 heterocycles. The van der Waals surface area contributed by atoms with Crippen molar-refractivity contribution in [3.63, 3.8) is 0 Å². The number of thioether (sulfide) groups is 1. The molecule has 0 N–H and O–H groups in total. The van der Waals surface area contributed by atoms with Crippen LogP contribution in [0, 0.1) is 6.92 Å². The fraction of sp³-hybridized carbons (Fsp3) is 0.190. The number of benzene rings is 2. The zero-order chi connectivity index (χ0) is 17.6. The van der Waals surface area contributed by atoms with Crippen LogP contribution in [0.4, 0.5) is 0 Å². The molecule has 3 rings (SSSR count). The molecule has 4 heteroatoms. The number of aryl methyl sites for hydroxylation is 1. The second-order valence-corrected chi connectivity index (χ2v) is 6.79. The summed E-state index contributed by atoms with van der Waals surface area (Å²) in [5.74, 6) is 0.802. The van der Waals surface area contributed by atoms with E-state index in [2.05, 4.69) is 0 Å². The molecule has 1 amide bonds. The molecular formula is C21H21NO2S. The average Bonchev–Trinajstić information content (AvgIpc) is 3.15. The van der Waals surface area contributed by atoms with Gasteiger partial charge in [0.15, 0.2) is 0 Å². The number of nitrogens with zero attached hydrogens (tertiary/aromatic N) is 1. The van der Waals surface area contributed by atoms with Crippen molar-refractivity contribution in [1.29, 1.82) is 0 Å². The largest absolute Gasteiger partial charge is 0.467 e. The predicted molar refractivity (Wildman–Crippen MR) is 102 cm³/mol. The van der Waals surface area contributed by atoms with Gasteiger partial charge in [-0.05, 0) is 48.6 Å². The summed E-state index contributed by atoms with van der Waals surface area (Å²) < 4.78 is 5.46. The van der Waals surface area contributed by atoms with Crippen LogP contribution in [0.1, 0.15) is 27.2 Å². The minimum atomic E-state index is 0.0219. The van der Waals surface area contributed by atoms with E-state index in [1.54, 1.807) is 18.0 Å². The molecule has 128 valence electrons. The summed E-state index contributed by atoms with van der Waals surface area (Å²) in [5.41, 5.74) is 2.83. The van der Waals surface area contributed by atoms with Crippen molar-refractivity contribution < 1.29 is 9.21 Å². The number of carbonyl (C=O) groups is 1. The van der Waals surface area contributed by atoms with Gasteiger partial charge in [-0.25, -0.2) is 0 Å². The molecule has 0 bridgehead atoms. The topological polar surface area (TPSA) is 33.5 Å². The lowest BCUT2D eigenvalue weighted by molar-refractivity contribution is 0.0716. The van der Waals surface area contributed by atoms with Gasteiger partial charge < -0.3 is 9.32 Å². The van der Waals surface area contributed by atoms with E-state index in [4.69, 9.17) is 4.42 Å². The van der Waals surface area contributed by atoms with Gasteiger partial charge in [0.1, 0.15) is 5.76 Å². The molecule has 0 atom stereocenters. The van der Waals surface area contributed by atoms with E-state index in [-0.39, 0.29) is 5.91 Å². The van der Waals surface area contributed by atoms with Crippen molar-refractivity contribution in [1.82, 2.24) is 4.90 Å². The minimum absolute atomic E-state index is 0.0219. The van der Waals surface area contributed by atoms with Crippen LogP contribution in [-0.4, -0.2) is 17.1 Å². The van der Waals surface area contributed by atoms with E-state index in [0.717, 1.165) is 27.3 Å². The number of rotatable bonds is 6. The molecule has 0 saturated heterocycles. The van der Waals surface area contributed by atoms with E-state index in [9.17, 15) is 4.79 Å². The molecule has 0 radical (unpaired) electrons. The van der Waals surface area contributed by atoms with Crippen LogP contribution in [0.25, 0.3) is 0 Å². The van der Waals surface area contributed by atoms with Crippen LogP contribution in [0.15, 0.2) is 76.2 Å². The average molecular weight is 351 g/mol. The fourth-order valence-corrected chi connectivity index (χ4v) is 3.16. The highest BCUT2D eigenvalue weighted by atomic mass is 32.2. The molecule has 0 aliphatic carbocycles. The van der Waals surface area contributed by atoms with Crippen LogP contribution < -0.4 is 0 Å². The molecule has 3 nitrogen and oxygen atoms in total. The third-order valence-electron chi connectivity index (χ3n) is 4.11. The quantitative estimate of drug-likeness (QED) is 0.576. The third-order valence-corrected chi connectivity index (χ3v) is 4.83. The Morgan fingerprint density at radius 3 is 2.52 bits per heavy atom. The van der Waals surface area contributed by atoms with Crippen LogP contribution in [0.3, 0.4) is 0 Å².